The van der Waals surface area contributed by atoms with Crippen LogP contribution in [0.4, 0.5) is 4.39 Å². The van der Waals surface area contributed by atoms with Crippen molar-refractivity contribution in [3.05, 3.63) is 35.6 Å². The van der Waals surface area contributed by atoms with E-state index in [1.165, 1.54) is 25.0 Å². The minimum absolute atomic E-state index is 0.0141. The van der Waals surface area contributed by atoms with Gasteiger partial charge in [-0.2, -0.15) is 11.8 Å². The summed E-state index contributed by atoms with van der Waals surface area (Å²) >= 11 is 1.70. The zero-order valence-electron chi connectivity index (χ0n) is 12.4. The molecule has 1 fully saturated rings. The van der Waals surface area contributed by atoms with Crippen molar-refractivity contribution in [2.45, 2.75) is 31.8 Å². The van der Waals surface area contributed by atoms with Gasteiger partial charge < -0.3 is 10.6 Å². The molecule has 0 radical (unpaired) electrons. The van der Waals surface area contributed by atoms with Crippen molar-refractivity contribution in [1.29, 1.82) is 0 Å². The van der Waals surface area contributed by atoms with Gasteiger partial charge in [0, 0.05) is 13.1 Å². The fraction of sp³-hybridized carbons (Fsp3) is 0.562. The number of carbonyl (C=O) groups excluding carboxylic acids is 1. The molecule has 1 aromatic rings. The number of carbonyl (C=O) groups is 1. The minimum Gasteiger partial charge on any atom is -0.337 e. The van der Waals surface area contributed by atoms with Gasteiger partial charge in [-0.05, 0) is 54.9 Å². The Morgan fingerprint density at radius 3 is 2.67 bits per heavy atom. The molecule has 1 aliphatic rings. The van der Waals surface area contributed by atoms with Crippen molar-refractivity contribution in [1.82, 2.24) is 4.90 Å². The molecule has 0 unspecified atom stereocenters. The number of halogens is 1. The Kier molecular flexibility index (Phi) is 6.06. The van der Waals surface area contributed by atoms with Crippen LogP contribution in [0.5, 0.6) is 0 Å². The summed E-state index contributed by atoms with van der Waals surface area (Å²) in [6, 6.07) is 5.90. The van der Waals surface area contributed by atoms with E-state index in [1.54, 1.807) is 23.9 Å². The Labute approximate surface area is 130 Å². The van der Waals surface area contributed by atoms with Gasteiger partial charge in [-0.1, -0.05) is 12.1 Å². The quantitative estimate of drug-likeness (QED) is 0.803. The van der Waals surface area contributed by atoms with E-state index in [4.69, 9.17) is 5.73 Å². The van der Waals surface area contributed by atoms with Gasteiger partial charge in [0.1, 0.15) is 5.82 Å². The van der Waals surface area contributed by atoms with E-state index in [9.17, 15) is 9.18 Å². The van der Waals surface area contributed by atoms with Crippen LogP contribution in [0, 0.1) is 11.7 Å². The average molecular weight is 310 g/mol. The van der Waals surface area contributed by atoms with Crippen LogP contribution in [0.1, 0.15) is 24.8 Å². The van der Waals surface area contributed by atoms with E-state index < -0.39 is 6.04 Å². The second-order valence-corrected chi connectivity index (χ2v) is 6.66. The first-order valence-electron chi connectivity index (χ1n) is 7.38. The smallest absolute Gasteiger partial charge is 0.239 e. The third kappa shape index (κ3) is 5.32. The molecule has 0 heterocycles. The Balaban J connectivity index is 1.99. The minimum atomic E-state index is -0.434. The summed E-state index contributed by atoms with van der Waals surface area (Å²) in [6.45, 7) is 1.28. The van der Waals surface area contributed by atoms with Gasteiger partial charge in [-0.15, -0.1) is 0 Å². The molecule has 1 amide bonds. The summed E-state index contributed by atoms with van der Waals surface area (Å²) in [7, 11) is 0. The molecule has 1 aliphatic carbocycles. The van der Waals surface area contributed by atoms with E-state index in [0.717, 1.165) is 17.9 Å². The fourth-order valence-corrected chi connectivity index (χ4v) is 2.75. The lowest BCUT2D eigenvalue weighted by Crippen LogP contribution is -2.44. The highest BCUT2D eigenvalue weighted by Gasteiger charge is 2.29. The van der Waals surface area contributed by atoms with Crippen molar-refractivity contribution in [2.24, 2.45) is 11.7 Å². The van der Waals surface area contributed by atoms with E-state index in [2.05, 4.69) is 0 Å². The van der Waals surface area contributed by atoms with Crippen molar-refractivity contribution >= 4 is 17.7 Å². The molecule has 0 aromatic heterocycles. The number of amides is 1. The molecule has 0 saturated heterocycles. The average Bonchev–Trinajstić information content (AvgIpc) is 3.29. The zero-order valence-corrected chi connectivity index (χ0v) is 13.2. The predicted molar refractivity (Wildman–Crippen MR) is 85.5 cm³/mol. The largest absolute Gasteiger partial charge is 0.337 e. The molecule has 0 aliphatic heterocycles. The summed E-state index contributed by atoms with van der Waals surface area (Å²) in [5.41, 5.74) is 6.96. The van der Waals surface area contributed by atoms with E-state index in [1.807, 2.05) is 11.2 Å². The predicted octanol–water partition coefficient (Wildman–Crippen LogP) is 2.64. The van der Waals surface area contributed by atoms with Crippen LogP contribution in [0.15, 0.2) is 24.3 Å². The highest BCUT2D eigenvalue weighted by molar-refractivity contribution is 7.98. The topological polar surface area (TPSA) is 46.3 Å². The molecule has 116 valence electrons. The lowest BCUT2D eigenvalue weighted by atomic mass is 10.1. The maximum absolute atomic E-state index is 13.0. The summed E-state index contributed by atoms with van der Waals surface area (Å²) in [5, 5.41) is 0. The van der Waals surface area contributed by atoms with Crippen LogP contribution in [0.3, 0.4) is 0 Å². The maximum atomic E-state index is 13.0. The highest BCUT2D eigenvalue weighted by Crippen LogP contribution is 2.30. The van der Waals surface area contributed by atoms with E-state index >= 15 is 0 Å². The van der Waals surface area contributed by atoms with E-state index in [0.29, 0.717) is 18.9 Å². The molecular formula is C16H23FN2OS. The second-order valence-electron chi connectivity index (χ2n) is 5.68. The molecule has 1 saturated carbocycles. The SMILES string of the molecule is CSCC[C@H](N)C(=O)N(Cc1ccc(F)cc1)CC1CC1. The third-order valence-electron chi connectivity index (χ3n) is 3.72. The number of hydrogen-bond acceptors (Lipinski definition) is 3. The molecule has 0 bridgehead atoms. The number of rotatable bonds is 8. The van der Waals surface area contributed by atoms with Gasteiger partial charge in [0.05, 0.1) is 6.04 Å². The van der Waals surface area contributed by atoms with Crippen LogP contribution in [-0.2, 0) is 11.3 Å². The van der Waals surface area contributed by atoms with Crippen molar-refractivity contribution in [3.8, 4) is 0 Å². The normalized spacial score (nSPS) is 15.8. The summed E-state index contributed by atoms with van der Waals surface area (Å²) in [4.78, 5) is 14.3. The van der Waals surface area contributed by atoms with Crippen molar-refractivity contribution < 1.29 is 9.18 Å². The van der Waals surface area contributed by atoms with Gasteiger partial charge in [0.15, 0.2) is 0 Å². The summed E-state index contributed by atoms with van der Waals surface area (Å²) < 4.78 is 13.0. The van der Waals surface area contributed by atoms with Gasteiger partial charge in [-0.25, -0.2) is 4.39 Å². The van der Waals surface area contributed by atoms with Crippen molar-refractivity contribution in [3.63, 3.8) is 0 Å². The zero-order chi connectivity index (χ0) is 15.2. The summed E-state index contributed by atoms with van der Waals surface area (Å²) in [5.74, 6) is 1.26. The fourth-order valence-electron chi connectivity index (χ4n) is 2.26. The van der Waals surface area contributed by atoms with Gasteiger partial charge >= 0.3 is 0 Å². The monoisotopic (exact) mass is 310 g/mol. The molecule has 1 aromatic carbocycles. The maximum Gasteiger partial charge on any atom is 0.239 e. The van der Waals surface area contributed by atoms with Crippen molar-refractivity contribution in [2.75, 3.05) is 18.6 Å². The van der Waals surface area contributed by atoms with Crippen LogP contribution >= 0.6 is 11.8 Å². The van der Waals surface area contributed by atoms with Gasteiger partial charge in [-0.3, -0.25) is 4.79 Å². The third-order valence-corrected chi connectivity index (χ3v) is 4.37. The molecule has 21 heavy (non-hydrogen) atoms. The molecule has 5 heteroatoms. The number of hydrogen-bond donors (Lipinski definition) is 1. The van der Waals surface area contributed by atoms with Crippen LogP contribution in [0.25, 0.3) is 0 Å². The molecule has 2 N–H and O–H groups in total. The van der Waals surface area contributed by atoms with E-state index in [-0.39, 0.29) is 11.7 Å². The molecule has 1 atom stereocenters. The van der Waals surface area contributed by atoms with Crippen LogP contribution < -0.4 is 5.73 Å². The molecular weight excluding hydrogens is 287 g/mol. The lowest BCUT2D eigenvalue weighted by Gasteiger charge is -2.26. The number of nitrogens with two attached hydrogens (primary N) is 1. The first-order chi connectivity index (χ1) is 10.1. The molecule has 0 spiro atoms. The Bertz CT molecular complexity index is 462. The number of benzene rings is 1. The first-order valence-corrected chi connectivity index (χ1v) is 8.77. The lowest BCUT2D eigenvalue weighted by molar-refractivity contribution is -0.133. The Morgan fingerprint density at radius 1 is 1.43 bits per heavy atom. The van der Waals surface area contributed by atoms with Crippen LogP contribution in [0.2, 0.25) is 0 Å². The molecule has 2 rings (SSSR count). The Hall–Kier alpha value is -1.07. The molecule has 3 nitrogen and oxygen atoms in total. The highest BCUT2D eigenvalue weighted by atomic mass is 32.2. The standard InChI is InChI=1S/C16H23FN2OS/c1-21-9-8-15(18)16(20)19(10-12-2-3-12)11-13-4-6-14(17)7-5-13/h4-7,12,15H,2-3,8-11,18H2,1H3/t15-/m0/s1. The number of thioether (sulfide) groups is 1. The van der Waals surface area contributed by atoms with Gasteiger partial charge in [0.2, 0.25) is 5.91 Å². The number of nitrogens with zero attached hydrogens (tertiary/aromatic N) is 1. The Morgan fingerprint density at radius 2 is 2.10 bits per heavy atom. The first kappa shape index (κ1) is 16.3. The van der Waals surface area contributed by atoms with Gasteiger partial charge in [0.25, 0.3) is 0 Å². The summed E-state index contributed by atoms with van der Waals surface area (Å²) in [6.07, 6.45) is 5.09. The second kappa shape index (κ2) is 7.80. The van der Waals surface area contributed by atoms with Crippen LogP contribution in [-0.4, -0.2) is 35.4 Å².